The van der Waals surface area contributed by atoms with Crippen LogP contribution in [-0.4, -0.2) is 45.0 Å². The molecule has 32 heavy (non-hydrogen) atoms. The number of para-hydroxylation sites is 1. The number of aromatic nitrogens is 3. The number of nitrogens with zero attached hydrogens (tertiary/aromatic N) is 4. The largest absolute Gasteiger partial charge is 0.457 e. The van der Waals surface area contributed by atoms with Crippen LogP contribution in [0.5, 0.6) is 11.5 Å². The Morgan fingerprint density at radius 3 is 2.56 bits per heavy atom. The monoisotopic (exact) mass is 427 g/mol. The lowest BCUT2D eigenvalue weighted by Gasteiger charge is -2.30. The first-order valence-corrected chi connectivity index (χ1v) is 10.9. The number of likely N-dealkylation sites (tertiary alicyclic amines) is 1. The molecule has 1 aliphatic rings. The number of benzene rings is 2. The van der Waals surface area contributed by atoms with E-state index in [1.54, 1.807) is 0 Å². The van der Waals surface area contributed by atoms with Crippen molar-refractivity contribution in [3.05, 3.63) is 84.8 Å². The quantitative estimate of drug-likeness (QED) is 0.496. The molecule has 0 radical (unpaired) electrons. The van der Waals surface area contributed by atoms with E-state index in [-0.39, 0.29) is 5.91 Å². The summed E-state index contributed by atoms with van der Waals surface area (Å²) in [5.41, 5.74) is 1.61. The Morgan fingerprint density at radius 2 is 1.72 bits per heavy atom. The van der Waals surface area contributed by atoms with E-state index in [0.717, 1.165) is 48.8 Å². The molecule has 1 N–H and O–H groups in total. The van der Waals surface area contributed by atoms with Crippen molar-refractivity contribution in [1.29, 1.82) is 0 Å². The number of ether oxygens (including phenoxy) is 1. The SMILES string of the molecule is O=C(CN1CCC(c2nnc3ccccn23)CC1)Nc1cccc(Oc2ccccc2)c1. The average Bonchev–Trinajstić information content (AvgIpc) is 3.25. The number of piperidine rings is 1. The zero-order chi connectivity index (χ0) is 21.8. The van der Waals surface area contributed by atoms with E-state index in [2.05, 4.69) is 24.8 Å². The number of hydrogen-bond acceptors (Lipinski definition) is 5. The smallest absolute Gasteiger partial charge is 0.238 e. The molecule has 0 unspecified atom stereocenters. The van der Waals surface area contributed by atoms with Crippen LogP contribution in [0.2, 0.25) is 0 Å². The summed E-state index contributed by atoms with van der Waals surface area (Å²) in [6.45, 7) is 2.09. The maximum Gasteiger partial charge on any atom is 0.238 e. The molecule has 7 heteroatoms. The zero-order valence-electron chi connectivity index (χ0n) is 17.7. The first-order chi connectivity index (χ1) is 15.7. The van der Waals surface area contributed by atoms with E-state index < -0.39 is 0 Å². The third-order valence-corrected chi connectivity index (χ3v) is 5.76. The lowest BCUT2D eigenvalue weighted by Crippen LogP contribution is -2.39. The van der Waals surface area contributed by atoms with Crippen LogP contribution in [0.15, 0.2) is 79.0 Å². The Balaban J connectivity index is 1.14. The fraction of sp³-hybridized carbons (Fsp3) is 0.240. The van der Waals surface area contributed by atoms with Crippen molar-refractivity contribution in [3.8, 4) is 11.5 Å². The number of pyridine rings is 1. The van der Waals surface area contributed by atoms with Crippen LogP contribution < -0.4 is 10.1 Å². The maximum absolute atomic E-state index is 12.6. The minimum absolute atomic E-state index is 0.0201. The first-order valence-electron chi connectivity index (χ1n) is 10.9. The summed E-state index contributed by atoms with van der Waals surface area (Å²) in [4.78, 5) is 14.8. The van der Waals surface area contributed by atoms with E-state index in [1.165, 1.54) is 0 Å². The summed E-state index contributed by atoms with van der Waals surface area (Å²) in [6, 6.07) is 23.0. The van der Waals surface area contributed by atoms with E-state index in [1.807, 2.05) is 79.0 Å². The number of fused-ring (bicyclic) bond motifs is 1. The van der Waals surface area contributed by atoms with E-state index in [0.29, 0.717) is 18.2 Å². The van der Waals surface area contributed by atoms with E-state index in [4.69, 9.17) is 4.74 Å². The molecule has 2 aromatic heterocycles. The highest BCUT2D eigenvalue weighted by Gasteiger charge is 2.25. The lowest BCUT2D eigenvalue weighted by molar-refractivity contribution is -0.117. The second kappa shape index (κ2) is 9.20. The highest BCUT2D eigenvalue weighted by molar-refractivity contribution is 5.92. The number of anilines is 1. The third-order valence-electron chi connectivity index (χ3n) is 5.76. The van der Waals surface area contributed by atoms with Crippen molar-refractivity contribution < 1.29 is 9.53 Å². The molecule has 1 amide bonds. The van der Waals surface area contributed by atoms with Crippen LogP contribution in [0.1, 0.15) is 24.6 Å². The van der Waals surface area contributed by atoms with Gasteiger partial charge >= 0.3 is 0 Å². The normalized spacial score (nSPS) is 15.0. The van der Waals surface area contributed by atoms with Gasteiger partial charge in [0.15, 0.2) is 5.65 Å². The van der Waals surface area contributed by atoms with Crippen molar-refractivity contribution in [3.63, 3.8) is 0 Å². The van der Waals surface area contributed by atoms with Crippen LogP contribution in [0.3, 0.4) is 0 Å². The molecule has 0 saturated carbocycles. The van der Waals surface area contributed by atoms with Crippen LogP contribution in [0.25, 0.3) is 5.65 Å². The van der Waals surface area contributed by atoms with Crippen molar-refractivity contribution >= 4 is 17.2 Å². The number of rotatable bonds is 6. The van der Waals surface area contributed by atoms with Gasteiger partial charge in [0.25, 0.3) is 0 Å². The van der Waals surface area contributed by atoms with Gasteiger partial charge in [0.1, 0.15) is 17.3 Å². The number of hydrogen-bond donors (Lipinski definition) is 1. The van der Waals surface area contributed by atoms with Crippen molar-refractivity contribution in [2.45, 2.75) is 18.8 Å². The van der Waals surface area contributed by atoms with E-state index in [9.17, 15) is 4.79 Å². The number of carbonyl (C=O) groups is 1. The number of nitrogens with one attached hydrogen (secondary N) is 1. The second-order valence-electron chi connectivity index (χ2n) is 8.03. The molecule has 1 aliphatic heterocycles. The van der Waals surface area contributed by atoms with Crippen LogP contribution in [-0.2, 0) is 4.79 Å². The van der Waals surface area contributed by atoms with Gasteiger partial charge in [-0.05, 0) is 62.3 Å². The van der Waals surface area contributed by atoms with Crippen LogP contribution >= 0.6 is 0 Å². The van der Waals surface area contributed by atoms with Gasteiger partial charge in [-0.2, -0.15) is 0 Å². The molecular formula is C25H25N5O2. The van der Waals surface area contributed by atoms with Gasteiger partial charge in [0.2, 0.25) is 5.91 Å². The lowest BCUT2D eigenvalue weighted by atomic mass is 9.96. The second-order valence-corrected chi connectivity index (χ2v) is 8.03. The zero-order valence-corrected chi connectivity index (χ0v) is 17.7. The van der Waals surface area contributed by atoms with Gasteiger partial charge in [0.05, 0.1) is 6.54 Å². The molecule has 2 aromatic carbocycles. The Kier molecular flexibility index (Phi) is 5.81. The summed E-state index contributed by atoms with van der Waals surface area (Å²) >= 11 is 0. The molecule has 0 aliphatic carbocycles. The summed E-state index contributed by atoms with van der Waals surface area (Å²) in [6.07, 6.45) is 3.94. The van der Waals surface area contributed by atoms with Gasteiger partial charge < -0.3 is 10.1 Å². The molecule has 7 nitrogen and oxygen atoms in total. The van der Waals surface area contributed by atoms with Gasteiger partial charge in [0, 0.05) is 23.9 Å². The summed E-state index contributed by atoms with van der Waals surface area (Å²) < 4.78 is 7.92. The molecule has 0 spiro atoms. The highest BCUT2D eigenvalue weighted by atomic mass is 16.5. The molecule has 3 heterocycles. The summed E-state index contributed by atoms with van der Waals surface area (Å²) in [5.74, 6) is 2.81. The topological polar surface area (TPSA) is 71.8 Å². The number of amides is 1. The fourth-order valence-electron chi connectivity index (χ4n) is 4.15. The van der Waals surface area contributed by atoms with Gasteiger partial charge in [-0.25, -0.2) is 0 Å². The van der Waals surface area contributed by atoms with Crippen molar-refractivity contribution in [1.82, 2.24) is 19.5 Å². The van der Waals surface area contributed by atoms with Gasteiger partial charge in [-0.1, -0.05) is 30.3 Å². The Hall–Kier alpha value is -3.71. The molecule has 1 fully saturated rings. The summed E-state index contributed by atoms with van der Waals surface area (Å²) in [7, 11) is 0. The molecule has 162 valence electrons. The molecule has 0 bridgehead atoms. The standard InChI is InChI=1S/C25H25N5O2/c31-24(26-20-7-6-10-22(17-20)32-21-8-2-1-3-9-21)18-29-15-12-19(13-16-29)25-28-27-23-11-4-5-14-30(23)25/h1-11,14,17,19H,12-13,15-16,18H2,(H,26,31). The number of carbonyl (C=O) groups excluding carboxylic acids is 1. The van der Waals surface area contributed by atoms with E-state index >= 15 is 0 Å². The Labute approximate surface area is 186 Å². The van der Waals surface area contributed by atoms with Gasteiger partial charge in [-0.15, -0.1) is 10.2 Å². The average molecular weight is 428 g/mol. The predicted octanol–water partition coefficient (Wildman–Crippen LogP) is 4.34. The predicted molar refractivity (Wildman–Crippen MR) is 123 cm³/mol. The first kappa shape index (κ1) is 20.2. The highest BCUT2D eigenvalue weighted by Crippen LogP contribution is 2.27. The Bertz CT molecular complexity index is 1200. The molecular weight excluding hydrogens is 402 g/mol. The molecule has 1 saturated heterocycles. The van der Waals surface area contributed by atoms with Gasteiger partial charge in [-0.3, -0.25) is 14.1 Å². The maximum atomic E-state index is 12.6. The Morgan fingerprint density at radius 1 is 0.938 bits per heavy atom. The van der Waals surface area contributed by atoms with Crippen molar-refractivity contribution in [2.24, 2.45) is 0 Å². The minimum atomic E-state index is -0.0201. The van der Waals surface area contributed by atoms with Crippen LogP contribution in [0.4, 0.5) is 5.69 Å². The summed E-state index contributed by atoms with van der Waals surface area (Å²) in [5, 5.41) is 11.7. The minimum Gasteiger partial charge on any atom is -0.457 e. The molecule has 4 aromatic rings. The molecule has 5 rings (SSSR count). The van der Waals surface area contributed by atoms with Crippen molar-refractivity contribution in [2.75, 3.05) is 25.0 Å². The third kappa shape index (κ3) is 4.63. The van der Waals surface area contributed by atoms with Crippen LogP contribution in [0, 0.1) is 0 Å². The fourth-order valence-corrected chi connectivity index (χ4v) is 4.15. The molecule has 0 atom stereocenters.